The molecule has 0 saturated heterocycles. The van der Waals surface area contributed by atoms with Crippen LogP contribution in [0.25, 0.3) is 44.2 Å². The minimum atomic E-state index is -0.465. The zero-order valence-electron chi connectivity index (χ0n) is 21.0. The molecule has 7 heteroatoms. The number of nitrogens with one attached hydrogen (secondary N) is 1. The molecular formula is C32H23Cl2FN2O2. The summed E-state index contributed by atoms with van der Waals surface area (Å²) in [5.74, 6) is -0.785. The molecule has 0 spiro atoms. The fourth-order valence-electron chi connectivity index (χ4n) is 5.18. The van der Waals surface area contributed by atoms with Gasteiger partial charge in [-0.25, -0.2) is 9.18 Å². The average molecular weight is 557 g/mol. The second-order valence-electron chi connectivity index (χ2n) is 9.25. The van der Waals surface area contributed by atoms with Gasteiger partial charge in [0.25, 0.3) is 0 Å². The molecule has 0 saturated carbocycles. The van der Waals surface area contributed by atoms with E-state index in [9.17, 15) is 9.18 Å². The number of para-hydroxylation sites is 1. The lowest BCUT2D eigenvalue weighted by molar-refractivity contribution is 0.0521. The monoisotopic (exact) mass is 556 g/mol. The van der Waals surface area contributed by atoms with Crippen LogP contribution in [0.4, 0.5) is 4.39 Å². The SMILES string of the molecule is CCOC(=O)c1[nH]c2cc(Cl)ccc2c1-c1c(-c2ccc(F)cc2)c2ccccc2n1Cc1ccc(Cl)cc1. The molecule has 0 atom stereocenters. The third-order valence-electron chi connectivity index (χ3n) is 6.83. The molecule has 0 amide bonds. The zero-order chi connectivity index (χ0) is 27.1. The maximum absolute atomic E-state index is 14.0. The lowest BCUT2D eigenvalue weighted by Gasteiger charge is -2.15. The summed E-state index contributed by atoms with van der Waals surface area (Å²) in [6.07, 6.45) is 0. The van der Waals surface area contributed by atoms with Crippen LogP contribution in [-0.4, -0.2) is 22.1 Å². The Balaban J connectivity index is 1.75. The van der Waals surface area contributed by atoms with Gasteiger partial charge in [-0.3, -0.25) is 0 Å². The Morgan fingerprint density at radius 3 is 2.33 bits per heavy atom. The maximum atomic E-state index is 14.0. The van der Waals surface area contributed by atoms with Gasteiger partial charge in [0.05, 0.1) is 12.3 Å². The molecule has 194 valence electrons. The van der Waals surface area contributed by atoms with Gasteiger partial charge < -0.3 is 14.3 Å². The quantitative estimate of drug-likeness (QED) is 0.208. The Morgan fingerprint density at radius 1 is 0.872 bits per heavy atom. The van der Waals surface area contributed by atoms with Gasteiger partial charge in [0.15, 0.2) is 0 Å². The van der Waals surface area contributed by atoms with E-state index in [1.165, 1.54) is 12.1 Å². The Kier molecular flexibility index (Phi) is 6.63. The topological polar surface area (TPSA) is 47.0 Å². The first kappa shape index (κ1) is 25.2. The Hall–Kier alpha value is -4.06. The molecule has 0 unspecified atom stereocenters. The van der Waals surface area contributed by atoms with E-state index in [0.717, 1.165) is 38.7 Å². The Morgan fingerprint density at radius 2 is 1.59 bits per heavy atom. The van der Waals surface area contributed by atoms with Crippen LogP contribution in [0.15, 0.2) is 91.0 Å². The maximum Gasteiger partial charge on any atom is 0.355 e. The molecule has 1 N–H and O–H groups in total. The van der Waals surface area contributed by atoms with E-state index in [2.05, 4.69) is 15.6 Å². The van der Waals surface area contributed by atoms with E-state index < -0.39 is 5.97 Å². The average Bonchev–Trinajstić information content (AvgIpc) is 3.46. The molecule has 4 nitrogen and oxygen atoms in total. The predicted molar refractivity (Wildman–Crippen MR) is 156 cm³/mol. The molecule has 0 fully saturated rings. The van der Waals surface area contributed by atoms with Crippen LogP contribution in [0.5, 0.6) is 0 Å². The van der Waals surface area contributed by atoms with Gasteiger partial charge in [-0.2, -0.15) is 0 Å². The van der Waals surface area contributed by atoms with Crippen molar-refractivity contribution in [2.45, 2.75) is 13.5 Å². The van der Waals surface area contributed by atoms with Crippen molar-refractivity contribution in [3.8, 4) is 22.4 Å². The number of benzene rings is 4. The van der Waals surface area contributed by atoms with Crippen LogP contribution in [0, 0.1) is 5.82 Å². The summed E-state index contributed by atoms with van der Waals surface area (Å²) in [5, 5.41) is 3.00. The van der Waals surface area contributed by atoms with Gasteiger partial charge in [0, 0.05) is 49.5 Å². The van der Waals surface area contributed by atoms with Crippen molar-refractivity contribution in [1.82, 2.24) is 9.55 Å². The highest BCUT2D eigenvalue weighted by Crippen LogP contribution is 2.45. The van der Waals surface area contributed by atoms with Crippen molar-refractivity contribution in [1.29, 1.82) is 0 Å². The summed E-state index contributed by atoms with van der Waals surface area (Å²) in [5.41, 5.74) is 6.29. The Labute approximate surface area is 234 Å². The third-order valence-corrected chi connectivity index (χ3v) is 7.32. The summed E-state index contributed by atoms with van der Waals surface area (Å²) in [6.45, 7) is 2.52. The fourth-order valence-corrected chi connectivity index (χ4v) is 5.48. The number of halogens is 3. The van der Waals surface area contributed by atoms with Gasteiger partial charge in [-0.1, -0.05) is 71.7 Å². The highest BCUT2D eigenvalue weighted by molar-refractivity contribution is 6.31. The number of rotatable bonds is 6. The summed E-state index contributed by atoms with van der Waals surface area (Å²) < 4.78 is 21.7. The number of esters is 1. The van der Waals surface area contributed by atoms with Gasteiger partial charge in [-0.15, -0.1) is 0 Å². The van der Waals surface area contributed by atoms with Crippen LogP contribution in [0.3, 0.4) is 0 Å². The molecule has 0 bridgehead atoms. The number of carbonyl (C=O) groups excluding carboxylic acids is 1. The highest BCUT2D eigenvalue weighted by atomic mass is 35.5. The second-order valence-corrected chi connectivity index (χ2v) is 10.1. The number of aromatic amines is 1. The van der Waals surface area contributed by atoms with Crippen LogP contribution in [0.2, 0.25) is 10.0 Å². The first-order chi connectivity index (χ1) is 18.9. The minimum Gasteiger partial charge on any atom is -0.461 e. The lowest BCUT2D eigenvalue weighted by Crippen LogP contribution is -2.09. The number of hydrogen-bond donors (Lipinski definition) is 1. The summed E-state index contributed by atoms with van der Waals surface area (Å²) in [6, 6.07) is 27.7. The molecule has 0 aliphatic carbocycles. The normalized spacial score (nSPS) is 11.4. The van der Waals surface area contributed by atoms with Crippen LogP contribution in [0.1, 0.15) is 23.0 Å². The lowest BCUT2D eigenvalue weighted by atomic mass is 9.96. The van der Waals surface area contributed by atoms with Crippen LogP contribution in [-0.2, 0) is 11.3 Å². The van der Waals surface area contributed by atoms with E-state index in [1.807, 2.05) is 48.5 Å². The molecule has 2 aromatic heterocycles. The fraction of sp³-hybridized carbons (Fsp3) is 0.0938. The molecule has 6 rings (SSSR count). The first-order valence-corrected chi connectivity index (χ1v) is 13.3. The van der Waals surface area contributed by atoms with E-state index >= 15 is 0 Å². The standard InChI is InChI=1S/C32H23Cl2FN2O2/c1-2-39-32(38)30-29(24-16-13-22(34)17-26(24)36-30)31-28(20-9-14-23(35)15-10-20)25-5-3-4-6-27(25)37(31)18-19-7-11-21(33)12-8-19/h3-17,36H,2,18H2,1H3. The minimum absolute atomic E-state index is 0.229. The number of fused-ring (bicyclic) bond motifs is 2. The van der Waals surface area contributed by atoms with Crippen molar-refractivity contribution < 1.29 is 13.9 Å². The molecule has 4 aromatic carbocycles. The van der Waals surface area contributed by atoms with Crippen molar-refractivity contribution in [3.63, 3.8) is 0 Å². The largest absolute Gasteiger partial charge is 0.461 e. The number of carbonyl (C=O) groups is 1. The molecule has 39 heavy (non-hydrogen) atoms. The number of hydrogen-bond acceptors (Lipinski definition) is 2. The Bertz CT molecular complexity index is 1840. The van der Waals surface area contributed by atoms with Gasteiger partial charge in [0.1, 0.15) is 11.5 Å². The van der Waals surface area contributed by atoms with Crippen molar-refractivity contribution in [2.75, 3.05) is 6.61 Å². The number of nitrogens with zero attached hydrogens (tertiary/aromatic N) is 1. The van der Waals surface area contributed by atoms with E-state index in [4.69, 9.17) is 27.9 Å². The second kappa shape index (κ2) is 10.3. The smallest absolute Gasteiger partial charge is 0.355 e. The third kappa shape index (κ3) is 4.58. The van der Waals surface area contributed by atoms with Gasteiger partial charge in [-0.05, 0) is 60.5 Å². The summed E-state index contributed by atoms with van der Waals surface area (Å²) in [4.78, 5) is 16.6. The molecule has 6 aromatic rings. The van der Waals surface area contributed by atoms with Crippen LogP contribution < -0.4 is 0 Å². The predicted octanol–water partition coefficient (Wildman–Crippen LogP) is 9.13. The van der Waals surface area contributed by atoms with E-state index in [0.29, 0.717) is 33.4 Å². The summed E-state index contributed by atoms with van der Waals surface area (Å²) >= 11 is 12.5. The van der Waals surface area contributed by atoms with Crippen molar-refractivity contribution >= 4 is 51.0 Å². The molecule has 0 aliphatic rings. The molecule has 0 radical (unpaired) electrons. The number of H-pyrrole nitrogens is 1. The van der Waals surface area contributed by atoms with Crippen molar-refractivity contribution in [2.24, 2.45) is 0 Å². The van der Waals surface area contributed by atoms with E-state index in [-0.39, 0.29) is 12.4 Å². The van der Waals surface area contributed by atoms with Crippen LogP contribution >= 0.6 is 23.2 Å². The molecular weight excluding hydrogens is 534 g/mol. The number of aromatic nitrogens is 2. The number of ether oxygens (including phenoxy) is 1. The van der Waals surface area contributed by atoms with Gasteiger partial charge in [0.2, 0.25) is 0 Å². The highest BCUT2D eigenvalue weighted by Gasteiger charge is 2.28. The van der Waals surface area contributed by atoms with Crippen molar-refractivity contribution in [3.05, 3.63) is 118 Å². The molecule has 2 heterocycles. The summed E-state index contributed by atoms with van der Waals surface area (Å²) in [7, 11) is 0. The zero-order valence-corrected chi connectivity index (χ0v) is 22.5. The van der Waals surface area contributed by atoms with Gasteiger partial charge >= 0.3 is 5.97 Å². The van der Waals surface area contributed by atoms with E-state index in [1.54, 1.807) is 31.2 Å². The molecule has 0 aliphatic heterocycles. The first-order valence-electron chi connectivity index (χ1n) is 12.5.